The molecule has 1 aliphatic carbocycles. The lowest BCUT2D eigenvalue weighted by molar-refractivity contribution is -0.136. The van der Waals surface area contributed by atoms with E-state index in [0.717, 1.165) is 23.1 Å². The summed E-state index contributed by atoms with van der Waals surface area (Å²) in [6, 6.07) is 16.5. The molecule has 2 aromatic carbocycles. The van der Waals surface area contributed by atoms with Crippen LogP contribution in [0.15, 0.2) is 48.5 Å². The summed E-state index contributed by atoms with van der Waals surface area (Å²) in [6.07, 6.45) is 2.24. The fourth-order valence-electron chi connectivity index (χ4n) is 5.45. The average Bonchev–Trinajstić information content (AvgIpc) is 3.66. The minimum atomic E-state index is -0.798. The Morgan fingerprint density at radius 1 is 0.902 bits per heavy atom. The highest BCUT2D eigenvalue weighted by atomic mass is 16.6. The smallest absolute Gasteiger partial charge is 0.410 e. The molecule has 222 valence electrons. The van der Waals surface area contributed by atoms with Gasteiger partial charge >= 0.3 is 18.2 Å². The number of likely N-dealkylation sites (tertiary alicyclic amines) is 1. The number of aryl methyl sites for hydroxylation is 1. The van der Waals surface area contributed by atoms with Crippen LogP contribution >= 0.6 is 0 Å². The molecule has 8 heteroatoms. The molecule has 41 heavy (non-hydrogen) atoms. The van der Waals surface area contributed by atoms with Gasteiger partial charge in [-0.15, -0.1) is 0 Å². The van der Waals surface area contributed by atoms with Crippen molar-refractivity contribution in [3.05, 3.63) is 59.7 Å². The highest BCUT2D eigenvalue weighted by Crippen LogP contribution is 2.47. The molecular formula is C33H44N2O6. The number of nitrogens with zero attached hydrogens (tertiary/aromatic N) is 2. The Labute approximate surface area is 243 Å². The van der Waals surface area contributed by atoms with Crippen molar-refractivity contribution in [1.29, 1.82) is 0 Å². The molecule has 1 saturated carbocycles. The molecule has 0 bridgehead atoms. The summed E-state index contributed by atoms with van der Waals surface area (Å²) in [4.78, 5) is 40.6. The molecule has 0 unspecified atom stereocenters. The van der Waals surface area contributed by atoms with Gasteiger partial charge in [-0.25, -0.2) is 9.59 Å². The van der Waals surface area contributed by atoms with Gasteiger partial charge in [0.15, 0.2) is 0 Å². The van der Waals surface area contributed by atoms with E-state index in [-0.39, 0.29) is 36.6 Å². The second kappa shape index (κ2) is 12.1. The molecule has 1 N–H and O–H groups in total. The third-order valence-corrected chi connectivity index (χ3v) is 7.45. The summed E-state index contributed by atoms with van der Waals surface area (Å²) in [5.41, 5.74) is 3.16. The quantitative estimate of drug-likeness (QED) is 0.395. The van der Waals surface area contributed by atoms with E-state index in [4.69, 9.17) is 14.6 Å². The van der Waals surface area contributed by atoms with Crippen molar-refractivity contribution in [2.45, 2.75) is 103 Å². The number of benzene rings is 2. The number of carbonyl (C=O) groups is 3. The number of hydrogen-bond donors (Lipinski definition) is 1. The normalized spacial score (nSPS) is 19.4. The molecule has 0 radical (unpaired) electrons. The SMILES string of the molecule is CC(C)(C)OC(=O)N1CCC(N(C(=O)OC(C)(C)C)[C@@H]2C[C@H]2c2ccc(-c3cccc(CCC(=O)O)c3)cc2)CC1. The Morgan fingerprint density at radius 2 is 1.54 bits per heavy atom. The van der Waals surface area contributed by atoms with Crippen molar-refractivity contribution in [1.82, 2.24) is 9.80 Å². The van der Waals surface area contributed by atoms with Crippen LogP contribution in [0.25, 0.3) is 11.1 Å². The molecule has 2 aromatic rings. The van der Waals surface area contributed by atoms with Gasteiger partial charge in [0.2, 0.25) is 0 Å². The van der Waals surface area contributed by atoms with Gasteiger partial charge in [-0.2, -0.15) is 0 Å². The number of amides is 2. The summed E-state index contributed by atoms with van der Waals surface area (Å²) in [5, 5.41) is 9.00. The summed E-state index contributed by atoms with van der Waals surface area (Å²) in [6.45, 7) is 12.3. The number of carboxylic acid groups (broad SMARTS) is 1. The van der Waals surface area contributed by atoms with E-state index >= 15 is 0 Å². The van der Waals surface area contributed by atoms with Gasteiger partial charge in [0.25, 0.3) is 0 Å². The third kappa shape index (κ3) is 8.47. The lowest BCUT2D eigenvalue weighted by atomic mass is 9.99. The predicted octanol–water partition coefficient (Wildman–Crippen LogP) is 6.86. The number of aliphatic carboxylic acids is 1. The number of carboxylic acids is 1. The van der Waals surface area contributed by atoms with Crippen LogP contribution in [0.5, 0.6) is 0 Å². The van der Waals surface area contributed by atoms with Crippen LogP contribution < -0.4 is 0 Å². The molecule has 0 aromatic heterocycles. The first-order chi connectivity index (χ1) is 19.2. The van der Waals surface area contributed by atoms with Crippen molar-refractivity contribution in [2.24, 2.45) is 0 Å². The summed E-state index contributed by atoms with van der Waals surface area (Å²) in [7, 11) is 0. The molecule has 1 heterocycles. The monoisotopic (exact) mass is 564 g/mol. The summed E-state index contributed by atoms with van der Waals surface area (Å²) in [5.74, 6) is -0.574. The van der Waals surface area contributed by atoms with Crippen LogP contribution in [0.2, 0.25) is 0 Å². The van der Waals surface area contributed by atoms with Crippen molar-refractivity contribution < 1.29 is 29.0 Å². The maximum absolute atomic E-state index is 13.4. The highest BCUT2D eigenvalue weighted by Gasteiger charge is 2.49. The molecule has 8 nitrogen and oxygen atoms in total. The van der Waals surface area contributed by atoms with Gasteiger partial charge in [-0.3, -0.25) is 4.79 Å². The Hall–Kier alpha value is -3.55. The third-order valence-electron chi connectivity index (χ3n) is 7.45. The van der Waals surface area contributed by atoms with Crippen molar-refractivity contribution in [3.63, 3.8) is 0 Å². The van der Waals surface area contributed by atoms with E-state index < -0.39 is 17.2 Å². The minimum absolute atomic E-state index is 0.00801. The summed E-state index contributed by atoms with van der Waals surface area (Å²) < 4.78 is 11.4. The highest BCUT2D eigenvalue weighted by molar-refractivity contribution is 5.71. The predicted molar refractivity (Wildman–Crippen MR) is 158 cm³/mol. The van der Waals surface area contributed by atoms with E-state index in [9.17, 15) is 14.4 Å². The zero-order valence-corrected chi connectivity index (χ0v) is 25.2. The van der Waals surface area contributed by atoms with Crippen molar-refractivity contribution in [2.75, 3.05) is 13.1 Å². The zero-order chi connectivity index (χ0) is 29.9. The summed E-state index contributed by atoms with van der Waals surface area (Å²) >= 11 is 0. The number of rotatable bonds is 7. The van der Waals surface area contributed by atoms with E-state index in [1.54, 1.807) is 4.90 Å². The fraction of sp³-hybridized carbons (Fsp3) is 0.545. The van der Waals surface area contributed by atoms with Gasteiger partial charge in [0.05, 0.1) is 0 Å². The first-order valence-corrected chi connectivity index (χ1v) is 14.6. The van der Waals surface area contributed by atoms with Gasteiger partial charge in [-0.05, 0) is 89.5 Å². The van der Waals surface area contributed by atoms with Gasteiger partial charge in [-0.1, -0.05) is 48.5 Å². The number of piperidine rings is 1. The first kappa shape index (κ1) is 30.4. The molecule has 0 spiro atoms. The Morgan fingerprint density at radius 3 is 2.12 bits per heavy atom. The van der Waals surface area contributed by atoms with Crippen LogP contribution in [0.1, 0.15) is 84.3 Å². The lowest BCUT2D eigenvalue weighted by Crippen LogP contribution is -2.51. The van der Waals surface area contributed by atoms with Crippen molar-refractivity contribution in [3.8, 4) is 11.1 Å². The zero-order valence-electron chi connectivity index (χ0n) is 25.2. The van der Waals surface area contributed by atoms with Gasteiger partial charge < -0.3 is 24.4 Å². The second-order valence-electron chi connectivity index (χ2n) is 13.2. The van der Waals surface area contributed by atoms with Gasteiger partial charge in [0, 0.05) is 37.5 Å². The topological polar surface area (TPSA) is 96.4 Å². The number of hydrogen-bond acceptors (Lipinski definition) is 5. The van der Waals surface area contributed by atoms with Gasteiger partial charge in [0.1, 0.15) is 11.2 Å². The fourth-order valence-corrected chi connectivity index (χ4v) is 5.45. The molecule has 1 saturated heterocycles. The molecule has 4 rings (SSSR count). The largest absolute Gasteiger partial charge is 0.481 e. The van der Waals surface area contributed by atoms with Crippen LogP contribution in [0, 0.1) is 0 Å². The maximum atomic E-state index is 13.4. The number of ether oxygens (including phenoxy) is 2. The number of carbonyl (C=O) groups excluding carboxylic acids is 2. The Balaban J connectivity index is 1.44. The van der Waals surface area contributed by atoms with Crippen molar-refractivity contribution >= 4 is 18.2 Å². The van der Waals surface area contributed by atoms with Crippen LogP contribution in [-0.2, 0) is 20.7 Å². The van der Waals surface area contributed by atoms with Crippen LogP contribution in [-0.4, -0.2) is 69.4 Å². The first-order valence-electron chi connectivity index (χ1n) is 14.6. The van der Waals surface area contributed by atoms with Crippen LogP contribution in [0.3, 0.4) is 0 Å². The van der Waals surface area contributed by atoms with E-state index in [2.05, 4.69) is 24.3 Å². The molecule has 2 fully saturated rings. The van der Waals surface area contributed by atoms with E-state index in [1.807, 2.05) is 70.7 Å². The molecule has 1 aliphatic heterocycles. The van der Waals surface area contributed by atoms with E-state index in [0.29, 0.717) is 32.4 Å². The van der Waals surface area contributed by atoms with Crippen LogP contribution in [0.4, 0.5) is 9.59 Å². The molecule has 2 atom stereocenters. The second-order valence-corrected chi connectivity index (χ2v) is 13.2. The standard InChI is InChI=1S/C33H44N2O6/c1-32(2,3)40-30(38)34-18-16-26(17-19-34)35(31(39)41-33(4,5)6)28-21-27(28)24-13-11-23(12-14-24)25-9-7-8-22(20-25)10-15-29(36)37/h7-9,11-14,20,26-28H,10,15-19,21H2,1-6H3,(H,36,37)/t27-,28+/m0/s1. The van der Waals surface area contributed by atoms with E-state index in [1.165, 1.54) is 5.56 Å². The average molecular weight is 565 g/mol. The Bertz CT molecular complexity index is 1240. The molecule has 2 amide bonds. The lowest BCUT2D eigenvalue weighted by Gasteiger charge is -2.39. The molecule has 2 aliphatic rings. The molecular weight excluding hydrogens is 520 g/mol. The maximum Gasteiger partial charge on any atom is 0.410 e. The minimum Gasteiger partial charge on any atom is -0.481 e. The Kier molecular flexibility index (Phi) is 9.00.